The maximum absolute atomic E-state index is 10.8. The van der Waals surface area contributed by atoms with Crippen LogP contribution < -0.4 is 0 Å². The fourth-order valence-electron chi connectivity index (χ4n) is 3.07. The molecule has 0 saturated heterocycles. The van der Waals surface area contributed by atoms with Crippen molar-refractivity contribution in [3.05, 3.63) is 33.9 Å². The Morgan fingerprint density at radius 2 is 2.00 bits per heavy atom. The van der Waals surface area contributed by atoms with Crippen molar-refractivity contribution in [1.29, 1.82) is 0 Å². The van der Waals surface area contributed by atoms with Gasteiger partial charge in [-0.3, -0.25) is 4.79 Å². The second-order valence-electron chi connectivity index (χ2n) is 5.11. The molecule has 1 fully saturated rings. The Morgan fingerprint density at radius 1 is 1.22 bits per heavy atom. The normalized spacial score (nSPS) is 17.2. The van der Waals surface area contributed by atoms with Gasteiger partial charge in [-0.2, -0.15) is 0 Å². The van der Waals surface area contributed by atoms with Crippen LogP contribution in [0.25, 0.3) is 10.9 Å². The van der Waals surface area contributed by atoms with Crippen LogP contribution in [0.1, 0.15) is 53.9 Å². The van der Waals surface area contributed by atoms with Crippen molar-refractivity contribution in [2.75, 3.05) is 0 Å². The van der Waals surface area contributed by atoms with Crippen molar-refractivity contribution < 1.29 is 4.79 Å². The van der Waals surface area contributed by atoms with Crippen LogP contribution in [0.2, 0.25) is 0 Å². The molecule has 1 N–H and O–H groups in total. The highest BCUT2D eigenvalue weighted by atomic mass is 79.9. The molecule has 0 unspecified atom stereocenters. The lowest BCUT2D eigenvalue weighted by atomic mass is 9.84. The van der Waals surface area contributed by atoms with Crippen LogP contribution in [0.3, 0.4) is 0 Å². The first-order valence-corrected chi connectivity index (χ1v) is 7.35. The van der Waals surface area contributed by atoms with E-state index in [9.17, 15) is 4.79 Å². The summed E-state index contributed by atoms with van der Waals surface area (Å²) in [6, 6.07) is 5.91. The number of aromatic amines is 1. The van der Waals surface area contributed by atoms with Gasteiger partial charge < -0.3 is 4.98 Å². The fraction of sp³-hybridized carbons (Fsp3) is 0.400. The molecule has 0 amide bonds. The third-order valence-electron chi connectivity index (χ3n) is 3.96. The predicted octanol–water partition coefficient (Wildman–Crippen LogP) is 4.79. The molecular weight excluding hydrogens is 290 g/mol. The van der Waals surface area contributed by atoms with Gasteiger partial charge in [0.15, 0.2) is 0 Å². The topological polar surface area (TPSA) is 32.9 Å². The van der Waals surface area contributed by atoms with E-state index in [1.807, 2.05) is 12.1 Å². The Balaban J connectivity index is 2.10. The number of fused-ring (bicyclic) bond motifs is 1. The smallest absolute Gasteiger partial charge is 0.150 e. The summed E-state index contributed by atoms with van der Waals surface area (Å²) in [5, 5.41) is 1.26. The lowest BCUT2D eigenvalue weighted by Crippen LogP contribution is -2.04. The van der Waals surface area contributed by atoms with Crippen LogP contribution in [0.15, 0.2) is 22.8 Å². The average molecular weight is 306 g/mol. The van der Waals surface area contributed by atoms with Crippen LogP contribution in [0.5, 0.6) is 0 Å². The minimum absolute atomic E-state index is 0.656. The highest BCUT2D eigenvalue weighted by molar-refractivity contribution is 9.10. The number of hydrogen-bond acceptors (Lipinski definition) is 1. The van der Waals surface area contributed by atoms with Gasteiger partial charge in [0.1, 0.15) is 6.29 Å². The van der Waals surface area contributed by atoms with E-state index < -0.39 is 0 Å². The third kappa shape index (κ3) is 2.01. The molecule has 1 heterocycles. The molecule has 0 spiro atoms. The number of aromatic nitrogens is 1. The van der Waals surface area contributed by atoms with Crippen LogP contribution in [-0.4, -0.2) is 11.3 Å². The Morgan fingerprint density at radius 3 is 2.72 bits per heavy atom. The number of aldehydes is 1. The maximum atomic E-state index is 10.8. The van der Waals surface area contributed by atoms with Crippen molar-refractivity contribution in [2.24, 2.45) is 0 Å². The van der Waals surface area contributed by atoms with Gasteiger partial charge in [-0.15, -0.1) is 0 Å². The molecule has 94 valence electrons. The third-order valence-corrected chi connectivity index (χ3v) is 4.59. The standard InChI is InChI=1S/C15H16BrNO/c16-15-14(11-4-2-1-3-5-11)12-7-6-10(9-18)8-13(12)17-15/h6-9,11,17H,1-5H2. The summed E-state index contributed by atoms with van der Waals surface area (Å²) in [6.07, 6.45) is 7.48. The summed E-state index contributed by atoms with van der Waals surface area (Å²) >= 11 is 3.65. The summed E-state index contributed by atoms with van der Waals surface area (Å²) in [7, 11) is 0. The largest absolute Gasteiger partial charge is 0.349 e. The van der Waals surface area contributed by atoms with E-state index in [4.69, 9.17) is 0 Å². The Labute approximate surface area is 115 Å². The second-order valence-corrected chi connectivity index (χ2v) is 5.90. The van der Waals surface area contributed by atoms with E-state index in [1.54, 1.807) is 0 Å². The average Bonchev–Trinajstić information content (AvgIpc) is 2.74. The molecule has 1 aliphatic carbocycles. The number of H-pyrrole nitrogens is 1. The molecule has 0 aliphatic heterocycles. The Bertz CT molecular complexity index is 581. The van der Waals surface area contributed by atoms with Crippen LogP contribution in [0, 0.1) is 0 Å². The monoisotopic (exact) mass is 305 g/mol. The summed E-state index contributed by atoms with van der Waals surface area (Å²) in [4.78, 5) is 14.2. The van der Waals surface area contributed by atoms with Crippen LogP contribution in [0.4, 0.5) is 0 Å². The number of carbonyl (C=O) groups excluding carboxylic acids is 1. The molecule has 0 radical (unpaired) electrons. The lowest BCUT2D eigenvalue weighted by molar-refractivity contribution is 0.112. The zero-order valence-corrected chi connectivity index (χ0v) is 11.8. The van der Waals surface area contributed by atoms with Crippen molar-refractivity contribution >= 4 is 33.1 Å². The molecule has 2 aromatic rings. The quantitative estimate of drug-likeness (QED) is 0.795. The number of benzene rings is 1. The van der Waals surface area contributed by atoms with Gasteiger partial charge in [0, 0.05) is 16.5 Å². The zero-order chi connectivity index (χ0) is 12.5. The fourth-order valence-corrected chi connectivity index (χ4v) is 3.82. The number of nitrogens with one attached hydrogen (secondary N) is 1. The van der Waals surface area contributed by atoms with E-state index >= 15 is 0 Å². The van der Waals surface area contributed by atoms with Gasteiger partial charge >= 0.3 is 0 Å². The minimum Gasteiger partial charge on any atom is -0.349 e. The van der Waals surface area contributed by atoms with Crippen molar-refractivity contribution in [3.8, 4) is 0 Å². The van der Waals surface area contributed by atoms with Crippen molar-refractivity contribution in [2.45, 2.75) is 38.0 Å². The molecule has 3 rings (SSSR count). The molecule has 1 aliphatic rings. The van der Waals surface area contributed by atoms with Gasteiger partial charge in [-0.25, -0.2) is 0 Å². The van der Waals surface area contributed by atoms with Gasteiger partial charge in [-0.05, 0) is 46.3 Å². The van der Waals surface area contributed by atoms with E-state index in [2.05, 4.69) is 27.0 Å². The highest BCUT2D eigenvalue weighted by Gasteiger charge is 2.21. The first-order chi connectivity index (χ1) is 8.79. The van der Waals surface area contributed by atoms with Gasteiger partial charge in [0.25, 0.3) is 0 Å². The number of rotatable bonds is 2. The minimum atomic E-state index is 0.656. The highest BCUT2D eigenvalue weighted by Crippen LogP contribution is 2.40. The molecule has 2 nitrogen and oxygen atoms in total. The first kappa shape index (κ1) is 12.0. The van der Waals surface area contributed by atoms with Crippen molar-refractivity contribution in [1.82, 2.24) is 4.98 Å². The molecule has 1 aromatic carbocycles. The van der Waals surface area contributed by atoms with Crippen molar-refractivity contribution in [3.63, 3.8) is 0 Å². The number of hydrogen-bond donors (Lipinski definition) is 1. The van der Waals surface area contributed by atoms with E-state index in [0.29, 0.717) is 5.92 Å². The molecule has 1 saturated carbocycles. The zero-order valence-electron chi connectivity index (χ0n) is 10.2. The van der Waals surface area contributed by atoms with Gasteiger partial charge in [-0.1, -0.05) is 31.4 Å². The summed E-state index contributed by atoms with van der Waals surface area (Å²) < 4.78 is 1.09. The van der Waals surface area contributed by atoms with Gasteiger partial charge in [0.05, 0.1) is 4.60 Å². The molecular formula is C15H16BrNO. The van der Waals surface area contributed by atoms with E-state index in [1.165, 1.54) is 43.1 Å². The molecule has 1 aromatic heterocycles. The molecule has 3 heteroatoms. The number of halogens is 1. The van der Waals surface area contributed by atoms with Crippen LogP contribution in [-0.2, 0) is 0 Å². The maximum Gasteiger partial charge on any atom is 0.150 e. The SMILES string of the molecule is O=Cc1ccc2c(C3CCCCC3)c(Br)[nH]c2c1. The molecule has 18 heavy (non-hydrogen) atoms. The Hall–Kier alpha value is -1.09. The van der Waals surface area contributed by atoms with Crippen LogP contribution >= 0.6 is 15.9 Å². The Kier molecular flexibility index (Phi) is 3.25. The predicted molar refractivity (Wildman–Crippen MR) is 77.2 cm³/mol. The van der Waals surface area contributed by atoms with E-state index in [0.717, 1.165) is 22.0 Å². The second kappa shape index (κ2) is 4.88. The summed E-state index contributed by atoms with van der Waals surface area (Å²) in [5.74, 6) is 0.656. The number of carbonyl (C=O) groups is 1. The van der Waals surface area contributed by atoms with Gasteiger partial charge in [0.2, 0.25) is 0 Å². The molecule has 0 atom stereocenters. The molecule has 0 bridgehead atoms. The summed E-state index contributed by atoms with van der Waals surface area (Å²) in [6.45, 7) is 0. The lowest BCUT2D eigenvalue weighted by Gasteiger charge is -2.21. The first-order valence-electron chi connectivity index (χ1n) is 6.56. The summed E-state index contributed by atoms with van der Waals surface area (Å²) in [5.41, 5.74) is 3.20. The van der Waals surface area contributed by atoms with E-state index in [-0.39, 0.29) is 0 Å².